The van der Waals surface area contributed by atoms with E-state index in [0.717, 1.165) is 19.3 Å². The van der Waals surface area contributed by atoms with Crippen LogP contribution < -0.4 is 11.1 Å². The molecule has 2 rings (SSSR count). The Bertz CT molecular complexity index is 291. The van der Waals surface area contributed by atoms with E-state index in [-0.39, 0.29) is 6.04 Å². The highest BCUT2D eigenvalue weighted by Gasteiger charge is 2.36. The maximum atomic E-state index is 13.0. The molecule has 3 nitrogen and oxygen atoms in total. The van der Waals surface area contributed by atoms with E-state index in [9.17, 15) is 9.50 Å². The highest BCUT2D eigenvalue weighted by molar-refractivity contribution is 5.17. The molecule has 0 radical (unpaired) electrons. The van der Waals surface area contributed by atoms with Gasteiger partial charge in [-0.2, -0.15) is 0 Å². The minimum atomic E-state index is -0.683. The summed E-state index contributed by atoms with van der Waals surface area (Å²) in [6.45, 7) is 1.85. The molecule has 1 fully saturated rings. The number of aliphatic hydroxyl groups excluding tert-OH is 1. The Kier molecular flexibility index (Phi) is 3.33. The average molecular weight is 228 g/mol. The topological polar surface area (TPSA) is 58.3 Å². The van der Waals surface area contributed by atoms with Crippen LogP contribution in [0.1, 0.15) is 39.0 Å². The second-order valence-electron chi connectivity index (χ2n) is 5.32. The van der Waals surface area contributed by atoms with Crippen LogP contribution in [0.5, 0.6) is 0 Å². The molecule has 4 N–H and O–H groups in total. The van der Waals surface area contributed by atoms with Gasteiger partial charge in [-0.25, -0.2) is 4.39 Å². The van der Waals surface area contributed by atoms with Crippen LogP contribution in [0.25, 0.3) is 0 Å². The van der Waals surface area contributed by atoms with Crippen LogP contribution in [0.3, 0.4) is 0 Å². The number of nitrogens with two attached hydrogens (primary N) is 1. The van der Waals surface area contributed by atoms with Gasteiger partial charge in [0.15, 0.2) is 0 Å². The van der Waals surface area contributed by atoms with Gasteiger partial charge in [0.25, 0.3) is 0 Å². The third-order valence-corrected chi connectivity index (χ3v) is 3.79. The van der Waals surface area contributed by atoms with E-state index in [2.05, 4.69) is 5.32 Å². The number of allylic oxidation sites excluding steroid dienone is 1. The van der Waals surface area contributed by atoms with Gasteiger partial charge in [0.1, 0.15) is 12.4 Å². The first-order valence-corrected chi connectivity index (χ1v) is 6.05. The minimum absolute atomic E-state index is 0.180. The van der Waals surface area contributed by atoms with Crippen molar-refractivity contribution in [1.82, 2.24) is 5.32 Å². The summed E-state index contributed by atoms with van der Waals surface area (Å²) in [6.07, 6.45) is 4.27. The maximum Gasteiger partial charge on any atom is 0.123 e. The third-order valence-electron chi connectivity index (χ3n) is 3.79. The molecule has 0 aromatic rings. The van der Waals surface area contributed by atoms with Crippen LogP contribution in [-0.2, 0) is 0 Å². The Hall–Kier alpha value is -0.450. The Morgan fingerprint density at radius 1 is 1.56 bits per heavy atom. The standard InChI is InChI=1S/C12H21FN2O/c1-12(14)7-6-10(15-11(12)16)8-2-4-9(13)5-3-8/h2,9-11,15-16H,3-7,14H2,1H3/t9?,10-,11-,12?/m1/s1. The number of hydrogen-bond donors (Lipinski definition) is 3. The van der Waals surface area contributed by atoms with Crippen molar-refractivity contribution in [2.24, 2.45) is 5.73 Å². The molecule has 4 heteroatoms. The second-order valence-corrected chi connectivity index (χ2v) is 5.32. The van der Waals surface area contributed by atoms with Crippen molar-refractivity contribution in [1.29, 1.82) is 0 Å². The molecule has 0 saturated carbocycles. The zero-order valence-electron chi connectivity index (χ0n) is 9.75. The highest BCUT2D eigenvalue weighted by atomic mass is 19.1. The summed E-state index contributed by atoms with van der Waals surface area (Å²) in [5.74, 6) is 0. The average Bonchev–Trinajstić information content (AvgIpc) is 2.24. The van der Waals surface area contributed by atoms with Crippen molar-refractivity contribution in [2.45, 2.75) is 63.0 Å². The lowest BCUT2D eigenvalue weighted by Crippen LogP contribution is -2.62. The summed E-state index contributed by atoms with van der Waals surface area (Å²) in [5, 5.41) is 13.0. The normalized spacial score (nSPS) is 45.2. The van der Waals surface area contributed by atoms with Gasteiger partial charge in [0.2, 0.25) is 0 Å². The number of aliphatic hydroxyl groups is 1. The van der Waals surface area contributed by atoms with Crippen molar-refractivity contribution >= 4 is 0 Å². The quantitative estimate of drug-likeness (QED) is 0.591. The first-order chi connectivity index (χ1) is 7.49. The molecule has 0 amide bonds. The molecule has 0 aromatic heterocycles. The number of halogens is 1. The number of alkyl halides is 1. The molecule has 1 saturated heterocycles. The predicted molar refractivity (Wildman–Crippen MR) is 61.6 cm³/mol. The van der Waals surface area contributed by atoms with E-state index in [1.807, 2.05) is 13.0 Å². The van der Waals surface area contributed by atoms with Crippen LogP contribution in [-0.4, -0.2) is 29.1 Å². The summed E-state index contributed by atoms with van der Waals surface area (Å²) in [4.78, 5) is 0. The Morgan fingerprint density at radius 3 is 2.88 bits per heavy atom. The largest absolute Gasteiger partial charge is 0.377 e. The van der Waals surface area contributed by atoms with Crippen LogP contribution in [0, 0.1) is 0 Å². The van der Waals surface area contributed by atoms with Gasteiger partial charge in [-0.3, -0.25) is 5.32 Å². The number of hydrogen-bond acceptors (Lipinski definition) is 3. The minimum Gasteiger partial charge on any atom is -0.377 e. The van der Waals surface area contributed by atoms with Crippen molar-refractivity contribution in [2.75, 3.05) is 0 Å². The molecular weight excluding hydrogens is 207 g/mol. The van der Waals surface area contributed by atoms with Gasteiger partial charge in [-0.1, -0.05) is 11.6 Å². The van der Waals surface area contributed by atoms with Crippen LogP contribution >= 0.6 is 0 Å². The van der Waals surface area contributed by atoms with Crippen molar-refractivity contribution in [3.63, 3.8) is 0 Å². The van der Waals surface area contributed by atoms with E-state index in [4.69, 9.17) is 5.73 Å². The molecule has 4 atom stereocenters. The summed E-state index contributed by atoms with van der Waals surface area (Å²) in [6, 6.07) is 0.180. The first kappa shape index (κ1) is 12.0. The molecule has 2 unspecified atom stereocenters. The molecule has 16 heavy (non-hydrogen) atoms. The van der Waals surface area contributed by atoms with Gasteiger partial charge in [-0.15, -0.1) is 0 Å². The number of piperidine rings is 1. The van der Waals surface area contributed by atoms with Gasteiger partial charge < -0.3 is 10.8 Å². The summed E-state index contributed by atoms with van der Waals surface area (Å²) < 4.78 is 13.0. The molecule has 0 aromatic carbocycles. The van der Waals surface area contributed by atoms with E-state index in [0.29, 0.717) is 12.8 Å². The summed E-state index contributed by atoms with van der Waals surface area (Å²) in [5.41, 5.74) is 6.64. The predicted octanol–water partition coefficient (Wildman–Crippen LogP) is 1.22. The Balaban J connectivity index is 1.98. The fourth-order valence-corrected chi connectivity index (χ4v) is 2.49. The highest BCUT2D eigenvalue weighted by Crippen LogP contribution is 2.29. The van der Waals surface area contributed by atoms with E-state index in [1.54, 1.807) is 0 Å². The zero-order valence-corrected chi connectivity index (χ0v) is 9.75. The van der Waals surface area contributed by atoms with E-state index < -0.39 is 17.9 Å². The molecule has 1 aliphatic heterocycles. The molecule has 0 spiro atoms. The lowest BCUT2D eigenvalue weighted by atomic mass is 9.82. The SMILES string of the molecule is CC1(N)CC[C@H](C2=CCC(F)CC2)N[C@@H]1O. The van der Waals surface area contributed by atoms with Crippen LogP contribution in [0.15, 0.2) is 11.6 Å². The molecular formula is C12H21FN2O. The van der Waals surface area contributed by atoms with Crippen molar-refractivity contribution in [3.05, 3.63) is 11.6 Å². The lowest BCUT2D eigenvalue weighted by molar-refractivity contribution is 0.0239. The fourth-order valence-electron chi connectivity index (χ4n) is 2.49. The van der Waals surface area contributed by atoms with Crippen LogP contribution in [0.2, 0.25) is 0 Å². The second kappa shape index (κ2) is 4.43. The summed E-state index contributed by atoms with van der Waals surface area (Å²) in [7, 11) is 0. The van der Waals surface area contributed by atoms with Gasteiger partial charge in [0, 0.05) is 6.04 Å². The molecule has 1 aliphatic carbocycles. The zero-order chi connectivity index (χ0) is 11.8. The molecule has 1 heterocycles. The third kappa shape index (κ3) is 2.44. The van der Waals surface area contributed by atoms with Crippen molar-refractivity contribution in [3.8, 4) is 0 Å². The number of rotatable bonds is 1. The molecule has 92 valence electrons. The maximum absolute atomic E-state index is 13.0. The smallest absolute Gasteiger partial charge is 0.123 e. The Morgan fingerprint density at radius 2 is 2.31 bits per heavy atom. The first-order valence-electron chi connectivity index (χ1n) is 6.05. The lowest BCUT2D eigenvalue weighted by Gasteiger charge is -2.41. The summed E-state index contributed by atoms with van der Waals surface area (Å²) >= 11 is 0. The van der Waals surface area contributed by atoms with E-state index >= 15 is 0 Å². The van der Waals surface area contributed by atoms with Gasteiger partial charge >= 0.3 is 0 Å². The number of nitrogens with one attached hydrogen (secondary N) is 1. The molecule has 2 aliphatic rings. The Labute approximate surface area is 95.9 Å². The van der Waals surface area contributed by atoms with E-state index in [1.165, 1.54) is 5.57 Å². The molecule has 0 bridgehead atoms. The monoisotopic (exact) mass is 228 g/mol. The fraction of sp³-hybridized carbons (Fsp3) is 0.833. The van der Waals surface area contributed by atoms with Gasteiger partial charge in [0.05, 0.1) is 5.54 Å². The van der Waals surface area contributed by atoms with Crippen molar-refractivity contribution < 1.29 is 9.50 Å². The van der Waals surface area contributed by atoms with Gasteiger partial charge in [-0.05, 0) is 39.0 Å². The van der Waals surface area contributed by atoms with Crippen LogP contribution in [0.4, 0.5) is 4.39 Å².